The molecule has 11 fully saturated rings. The Morgan fingerprint density at radius 3 is 1.54 bits per heavy atom. The summed E-state index contributed by atoms with van der Waals surface area (Å²) in [5.74, 6) is -0.265. The smallest absolute Gasteiger partial charge is 0.310 e. The molecule has 16 atom stereocenters. The minimum absolute atomic E-state index is 0.0366. The predicted octanol–water partition coefficient (Wildman–Crippen LogP) is 14.6. The zero-order chi connectivity index (χ0) is 82.5. The van der Waals surface area contributed by atoms with Gasteiger partial charge in [-0.05, 0) is 176 Å². The summed E-state index contributed by atoms with van der Waals surface area (Å²) in [6.07, 6.45) is 21.9. The Kier molecular flexibility index (Phi) is 27.4. The second-order valence-electron chi connectivity index (χ2n) is 36.9. The normalized spacial score (nSPS) is 31.6. The average Bonchev–Trinajstić information content (AvgIpc) is 1.66. The van der Waals surface area contributed by atoms with Crippen molar-refractivity contribution in [2.75, 3.05) is 92.0 Å². The lowest BCUT2D eigenvalue weighted by Crippen LogP contribution is -2.45. The number of hydrogen-bond donors (Lipinski definition) is 2. The highest BCUT2D eigenvalue weighted by Gasteiger charge is 2.63. The van der Waals surface area contributed by atoms with E-state index in [4.69, 9.17) is 71.1 Å². The van der Waals surface area contributed by atoms with E-state index < -0.39 is 58.9 Å². The highest BCUT2D eigenvalue weighted by atomic mass is 35.5. The third kappa shape index (κ3) is 20.6. The number of morpholine rings is 2. The quantitative estimate of drug-likeness (QED) is 0.0515. The van der Waals surface area contributed by atoms with Crippen LogP contribution in [0.5, 0.6) is 23.0 Å². The highest BCUT2D eigenvalue weighted by molar-refractivity contribution is 6.37. The number of rotatable bonds is 23. The zero-order valence-electron chi connectivity index (χ0n) is 69.2. The Labute approximate surface area is 702 Å². The molecule has 2 unspecified atom stereocenters. The summed E-state index contributed by atoms with van der Waals surface area (Å²) in [5, 5.41) is 22.9. The molecule has 2 aromatic heterocycles. The fourth-order valence-corrected chi connectivity index (χ4v) is 20.9. The summed E-state index contributed by atoms with van der Waals surface area (Å²) in [7, 11) is 0. The number of ketones is 2. The van der Waals surface area contributed by atoms with Crippen molar-refractivity contribution >= 4 is 98.3 Å². The molecule has 4 aromatic rings. The van der Waals surface area contributed by atoms with Crippen LogP contribution in [0.15, 0.2) is 54.1 Å². The molecular formula is C92H120Cl2N6O18. The zero-order valence-corrected chi connectivity index (χ0v) is 70.7. The van der Waals surface area contributed by atoms with E-state index in [1.54, 1.807) is 9.80 Å². The number of hydrogen-bond acceptors (Lipinski definition) is 20. The number of carboxylic acid groups (broad SMARTS) is 2. The molecule has 118 heavy (non-hydrogen) atoms. The topological polar surface area (TPSA) is 290 Å². The molecule has 2 N–H and O–H groups in total. The van der Waals surface area contributed by atoms with Crippen LogP contribution in [-0.2, 0) is 63.7 Å². The molecule has 6 aliphatic heterocycles. The molecule has 0 spiro atoms. The minimum atomic E-state index is -1.18. The summed E-state index contributed by atoms with van der Waals surface area (Å²) < 4.78 is 48.7. The van der Waals surface area contributed by atoms with Crippen LogP contribution in [0.25, 0.3) is 27.9 Å². The minimum Gasteiger partial charge on any atom is -0.491 e. The Morgan fingerprint density at radius 2 is 1.04 bits per heavy atom. The molecule has 640 valence electrons. The van der Waals surface area contributed by atoms with E-state index >= 15 is 0 Å². The third-order valence-electron chi connectivity index (χ3n) is 27.4. The maximum Gasteiger partial charge on any atom is 0.310 e. The number of allylic oxidation sites excluding steroid dienone is 3. The number of esters is 2. The summed E-state index contributed by atoms with van der Waals surface area (Å²) in [6, 6.07) is 9.42. The van der Waals surface area contributed by atoms with Crippen molar-refractivity contribution in [3.05, 3.63) is 75.6 Å². The number of pyridine rings is 2. The van der Waals surface area contributed by atoms with Gasteiger partial charge in [-0.1, -0.05) is 99.7 Å². The number of aromatic nitrogens is 2. The van der Waals surface area contributed by atoms with Crippen molar-refractivity contribution in [1.82, 2.24) is 29.6 Å². The van der Waals surface area contributed by atoms with E-state index in [2.05, 4.69) is 23.6 Å². The average molecular weight is 1670 g/mol. The summed E-state index contributed by atoms with van der Waals surface area (Å²) >= 11 is 14.1. The molecule has 5 saturated heterocycles. The van der Waals surface area contributed by atoms with Crippen molar-refractivity contribution in [3.8, 4) is 23.0 Å². The molecule has 0 bridgehead atoms. The van der Waals surface area contributed by atoms with Crippen LogP contribution >= 0.6 is 23.2 Å². The molecule has 6 saturated carbocycles. The van der Waals surface area contributed by atoms with E-state index in [1.807, 2.05) is 68.5 Å². The fraction of sp³-hybridized carbons (Fsp3) is 0.674. The van der Waals surface area contributed by atoms with Gasteiger partial charge in [-0.2, -0.15) is 0 Å². The van der Waals surface area contributed by atoms with E-state index in [-0.39, 0.29) is 111 Å². The van der Waals surface area contributed by atoms with Gasteiger partial charge < -0.3 is 57.9 Å². The van der Waals surface area contributed by atoms with E-state index in [0.717, 1.165) is 140 Å². The number of halogens is 2. The van der Waals surface area contributed by atoms with Crippen molar-refractivity contribution < 1.29 is 86.5 Å². The number of fused-ring (bicyclic) bond motifs is 8. The monoisotopic (exact) mass is 1670 g/mol. The molecule has 6 aliphatic carbocycles. The maximum atomic E-state index is 14.7. The first-order valence-electron chi connectivity index (χ1n) is 44.2. The first-order chi connectivity index (χ1) is 56.9. The Hall–Kier alpha value is -7.48. The van der Waals surface area contributed by atoms with Crippen LogP contribution in [0, 0.1) is 64.1 Å². The Bertz CT molecular complexity index is 4410. The summed E-state index contributed by atoms with van der Waals surface area (Å²) in [4.78, 5) is 128. The van der Waals surface area contributed by atoms with Gasteiger partial charge in [0.2, 0.25) is 11.8 Å². The maximum absolute atomic E-state index is 14.7. The van der Waals surface area contributed by atoms with Crippen molar-refractivity contribution in [2.24, 2.45) is 64.1 Å². The molecule has 12 aliphatic rings. The number of amides is 2. The number of benzene rings is 2. The van der Waals surface area contributed by atoms with Crippen molar-refractivity contribution in [3.63, 3.8) is 0 Å². The van der Waals surface area contributed by atoms with Crippen molar-refractivity contribution in [2.45, 2.75) is 238 Å². The Morgan fingerprint density at radius 1 is 0.568 bits per heavy atom. The third-order valence-corrected chi connectivity index (χ3v) is 28.1. The lowest BCUT2D eigenvalue weighted by molar-refractivity contribution is -0.154. The van der Waals surface area contributed by atoms with Gasteiger partial charge in [0.05, 0.1) is 92.0 Å². The van der Waals surface area contributed by atoms with E-state index in [0.29, 0.717) is 162 Å². The first kappa shape index (κ1) is 85.5. The van der Waals surface area contributed by atoms with E-state index in [9.17, 15) is 48.6 Å². The van der Waals surface area contributed by atoms with Crippen LogP contribution in [0.4, 0.5) is 0 Å². The SMILES string of the molecule is CC(C)=Cc1cc(O[C@@H]2C[C@H]3C(=O)C[C@]4(C(=O)O)C[C@H]4CCCCCCC[C@H](CC(=O)OC4C[C@@H]5C[C@@H]5C4)C(=O)N3C2)c2ccc(OCCN3CCOCC3)c(Cl)c2n1.CC(C)Cc1cc(O[C@@H]2C[C@H]3C(=O)C[C@]4(C(=O)O)C[C@H]4/C=C\CCCCC[C@H](CC(=O)OC4C[C@@H]5C[C@@H]5C4)C(=O)N3C2)c2ccc(OCCN3CCOCC3)c(Cl)c2n1. The first-order valence-corrected chi connectivity index (χ1v) is 45.0. The fourth-order valence-electron chi connectivity index (χ4n) is 20.4. The van der Waals surface area contributed by atoms with Gasteiger partial charge in [0.1, 0.15) is 70.7 Å². The number of nitrogens with zero attached hydrogens (tertiary/aromatic N) is 6. The lowest BCUT2D eigenvalue weighted by atomic mass is 9.90. The van der Waals surface area contributed by atoms with E-state index in [1.165, 1.54) is 12.8 Å². The number of carbonyl (C=O) groups excluding carboxylic acids is 6. The van der Waals surface area contributed by atoms with Crippen LogP contribution in [0.2, 0.25) is 10.0 Å². The summed E-state index contributed by atoms with van der Waals surface area (Å²) in [6.45, 7) is 17.1. The van der Waals surface area contributed by atoms with Crippen LogP contribution in [0.1, 0.15) is 206 Å². The van der Waals surface area contributed by atoms with Crippen LogP contribution < -0.4 is 18.9 Å². The number of Topliss-reactive ketones (excluding diaryl/α,β-unsaturated/α-hetero) is 2. The molecule has 2 amide bonds. The number of carboxylic acids is 2. The molecule has 0 radical (unpaired) electrons. The molecular weight excluding hydrogens is 1550 g/mol. The van der Waals surface area contributed by atoms with Gasteiger partial charge in [0.15, 0.2) is 11.6 Å². The molecule has 2 aromatic carbocycles. The molecule has 8 heterocycles. The summed E-state index contributed by atoms with van der Waals surface area (Å²) in [5.41, 5.74) is 1.25. The van der Waals surface area contributed by atoms with Gasteiger partial charge in [0, 0.05) is 105 Å². The molecule has 16 rings (SSSR count). The van der Waals surface area contributed by atoms with Gasteiger partial charge in [-0.3, -0.25) is 53.1 Å². The molecule has 24 nitrogen and oxygen atoms in total. The van der Waals surface area contributed by atoms with Crippen LogP contribution in [0.3, 0.4) is 0 Å². The largest absolute Gasteiger partial charge is 0.491 e. The number of ether oxygens (including phenoxy) is 8. The van der Waals surface area contributed by atoms with Gasteiger partial charge in [-0.25, -0.2) is 4.98 Å². The van der Waals surface area contributed by atoms with Crippen molar-refractivity contribution in [1.29, 1.82) is 0 Å². The predicted molar refractivity (Wildman–Crippen MR) is 444 cm³/mol. The van der Waals surface area contributed by atoms with Gasteiger partial charge in [-0.15, -0.1) is 0 Å². The Balaban J connectivity index is 0.000000185. The number of aliphatic carboxylic acids is 2. The van der Waals surface area contributed by atoms with Gasteiger partial charge in [0.25, 0.3) is 0 Å². The second kappa shape index (κ2) is 37.9. The van der Waals surface area contributed by atoms with Gasteiger partial charge >= 0.3 is 23.9 Å². The highest BCUT2D eigenvalue weighted by Crippen LogP contribution is 2.60. The standard InChI is InChI=1S/2C46H60ClN3O9/c2*1-28(2)18-33-23-40(36-10-11-39(42(47)43(36)48-33)57-17-14-49-12-15-56-16-13-49)58-35-24-37-38(51)26-46(45(54)55)25-32(46)9-7-5-3-4-6-8-29(44(53)50(37)27-35)22-41(52)59-34-20-30-19-31(30)21-34/h10-11,18,23,29-32,34-35,37H,3-9,12-17,19-22,24-27H2,1-2H3,(H,54,55);7,9-11,23,28-32,34-35,37H,3-6,8,12-22,24-27H2,1-2H3,(H,54,55)/b;9-7-/t2*29-,30-,31+,32-,34?,35-,37+,46-/m11/s1. The molecule has 26 heteroatoms. The number of carbonyl (C=O) groups is 8. The lowest BCUT2D eigenvalue weighted by Gasteiger charge is -2.29. The van der Waals surface area contributed by atoms with Crippen LogP contribution in [-0.4, -0.2) is 216 Å². The second-order valence-corrected chi connectivity index (χ2v) is 37.7.